The monoisotopic (exact) mass is 473 g/mol. The van der Waals surface area contributed by atoms with E-state index in [1.54, 1.807) is 22.5 Å². The summed E-state index contributed by atoms with van der Waals surface area (Å²) in [6, 6.07) is 5.73. The number of benzene rings is 1. The van der Waals surface area contributed by atoms with Crippen LogP contribution in [0.3, 0.4) is 0 Å². The zero-order chi connectivity index (χ0) is 21.1. The van der Waals surface area contributed by atoms with Crippen LogP contribution in [-0.4, -0.2) is 21.8 Å². The molecule has 0 atom stereocenters. The Morgan fingerprint density at radius 2 is 1.83 bits per heavy atom. The number of carbonyl (C=O) groups excluding carboxylic acids is 2. The lowest BCUT2D eigenvalue weighted by molar-refractivity contribution is -0.115. The summed E-state index contributed by atoms with van der Waals surface area (Å²) >= 11 is 4.61. The van der Waals surface area contributed by atoms with Gasteiger partial charge in [0, 0.05) is 29.2 Å². The third-order valence-electron chi connectivity index (χ3n) is 4.20. The van der Waals surface area contributed by atoms with E-state index in [9.17, 15) is 9.59 Å². The van der Waals surface area contributed by atoms with Gasteiger partial charge < -0.3 is 4.74 Å². The number of amides is 1. The molecule has 6 nitrogen and oxygen atoms in total. The van der Waals surface area contributed by atoms with Crippen molar-refractivity contribution < 1.29 is 14.3 Å². The highest BCUT2D eigenvalue weighted by Crippen LogP contribution is 2.34. The summed E-state index contributed by atoms with van der Waals surface area (Å²) < 4.78 is 6.03. The zero-order valence-corrected chi connectivity index (χ0v) is 18.9. The Morgan fingerprint density at radius 1 is 1.14 bits per heavy atom. The minimum atomic E-state index is -0.484. The molecule has 150 valence electrons. The van der Waals surface area contributed by atoms with Crippen LogP contribution in [0.25, 0.3) is 0 Å². The second kappa shape index (κ2) is 8.84. The first-order valence-corrected chi connectivity index (χ1v) is 10.5. The first-order chi connectivity index (χ1) is 13.8. The van der Waals surface area contributed by atoms with Gasteiger partial charge in [-0.3, -0.25) is 14.7 Å². The normalized spacial score (nSPS) is 10.7. The van der Waals surface area contributed by atoms with E-state index in [1.807, 2.05) is 32.9 Å². The molecule has 0 saturated carbocycles. The van der Waals surface area contributed by atoms with E-state index < -0.39 is 5.97 Å². The highest BCUT2D eigenvalue weighted by Gasteiger charge is 2.22. The first-order valence-electron chi connectivity index (χ1n) is 8.87. The number of rotatable bonds is 5. The molecular weight excluding hydrogens is 454 g/mol. The summed E-state index contributed by atoms with van der Waals surface area (Å²) in [4.78, 5) is 34.7. The standard InChI is InChI=1S/C21H20BrN3O3S/c1-12-5-13(2)19(14(3)6-12)25(15(4)26)21-24-18(11-29-21)10-28-20(27)16-7-17(22)9-23-8-16/h5-9,11H,10H2,1-4H3. The molecule has 0 aliphatic heterocycles. The van der Waals surface area contributed by atoms with E-state index >= 15 is 0 Å². The Bertz CT molecular complexity index is 1060. The van der Waals surface area contributed by atoms with Crippen LogP contribution in [0.2, 0.25) is 0 Å². The number of nitrogens with zero attached hydrogens (tertiary/aromatic N) is 3. The number of anilines is 2. The molecule has 3 aromatic rings. The van der Waals surface area contributed by atoms with E-state index in [1.165, 1.54) is 24.5 Å². The van der Waals surface area contributed by atoms with Crippen molar-refractivity contribution in [3.8, 4) is 0 Å². The van der Waals surface area contributed by atoms with E-state index in [0.717, 1.165) is 22.4 Å². The fourth-order valence-corrected chi connectivity index (χ4v) is 4.35. The predicted octanol–water partition coefficient (Wildman–Crippen LogP) is 5.27. The fourth-order valence-electron chi connectivity index (χ4n) is 3.12. The molecule has 2 aromatic heterocycles. The Balaban J connectivity index is 1.80. The van der Waals surface area contributed by atoms with Gasteiger partial charge in [0.15, 0.2) is 5.13 Å². The van der Waals surface area contributed by atoms with Crippen LogP contribution in [0.4, 0.5) is 10.8 Å². The molecule has 3 rings (SSSR count). The summed E-state index contributed by atoms with van der Waals surface area (Å²) in [6.45, 7) is 7.51. The summed E-state index contributed by atoms with van der Waals surface area (Å²) in [7, 11) is 0. The number of halogens is 1. The Labute approximate surface area is 181 Å². The van der Waals surface area contributed by atoms with Gasteiger partial charge >= 0.3 is 5.97 Å². The van der Waals surface area contributed by atoms with Crippen LogP contribution < -0.4 is 4.90 Å². The lowest BCUT2D eigenvalue weighted by Crippen LogP contribution is -2.24. The molecule has 0 aliphatic carbocycles. The van der Waals surface area contributed by atoms with Crippen molar-refractivity contribution in [3.05, 3.63) is 68.4 Å². The fraction of sp³-hybridized carbons (Fsp3) is 0.238. The Kier molecular flexibility index (Phi) is 6.44. The molecule has 0 radical (unpaired) electrons. The molecule has 0 fully saturated rings. The summed E-state index contributed by atoms with van der Waals surface area (Å²) in [5.41, 5.74) is 4.91. The minimum Gasteiger partial charge on any atom is -0.456 e. The predicted molar refractivity (Wildman–Crippen MR) is 117 cm³/mol. The van der Waals surface area contributed by atoms with Crippen LogP contribution in [0.1, 0.15) is 39.7 Å². The van der Waals surface area contributed by atoms with Gasteiger partial charge in [-0.15, -0.1) is 11.3 Å². The maximum atomic E-state index is 12.4. The Morgan fingerprint density at radius 3 is 2.45 bits per heavy atom. The molecule has 0 aliphatic rings. The number of carbonyl (C=O) groups is 2. The molecule has 0 spiro atoms. The lowest BCUT2D eigenvalue weighted by atomic mass is 10.0. The van der Waals surface area contributed by atoms with E-state index in [0.29, 0.717) is 20.9 Å². The molecule has 1 amide bonds. The summed E-state index contributed by atoms with van der Waals surface area (Å²) in [6.07, 6.45) is 3.04. The lowest BCUT2D eigenvalue weighted by Gasteiger charge is -2.23. The third kappa shape index (κ3) is 4.89. The number of pyridine rings is 1. The average molecular weight is 474 g/mol. The molecule has 29 heavy (non-hydrogen) atoms. The largest absolute Gasteiger partial charge is 0.456 e. The van der Waals surface area contributed by atoms with Crippen molar-refractivity contribution in [1.29, 1.82) is 0 Å². The van der Waals surface area contributed by atoms with E-state index in [-0.39, 0.29) is 12.5 Å². The van der Waals surface area contributed by atoms with E-state index in [2.05, 4.69) is 25.9 Å². The number of ether oxygens (including phenoxy) is 1. The SMILES string of the molecule is CC(=O)N(c1nc(COC(=O)c2cncc(Br)c2)cs1)c1c(C)cc(C)cc1C. The number of aromatic nitrogens is 2. The maximum Gasteiger partial charge on any atom is 0.340 e. The van der Waals surface area contributed by atoms with Gasteiger partial charge in [0.05, 0.1) is 16.9 Å². The first kappa shape index (κ1) is 21.1. The van der Waals surface area contributed by atoms with Gasteiger partial charge in [-0.05, 0) is 53.9 Å². The molecule has 0 bridgehead atoms. The third-order valence-corrected chi connectivity index (χ3v) is 5.50. The number of esters is 1. The van der Waals surface area contributed by atoms with Gasteiger partial charge in [-0.2, -0.15) is 0 Å². The number of aryl methyl sites for hydroxylation is 3. The van der Waals surface area contributed by atoms with Gasteiger partial charge in [0.25, 0.3) is 0 Å². The van der Waals surface area contributed by atoms with Crippen molar-refractivity contribution in [3.63, 3.8) is 0 Å². The molecule has 1 aromatic carbocycles. The highest BCUT2D eigenvalue weighted by atomic mass is 79.9. The summed E-state index contributed by atoms with van der Waals surface area (Å²) in [5.74, 6) is -0.611. The van der Waals surface area contributed by atoms with Crippen molar-refractivity contribution >= 4 is 50.0 Å². The smallest absolute Gasteiger partial charge is 0.340 e. The van der Waals surface area contributed by atoms with Gasteiger partial charge in [-0.25, -0.2) is 9.78 Å². The average Bonchev–Trinajstić information content (AvgIpc) is 3.10. The van der Waals surface area contributed by atoms with Crippen molar-refractivity contribution in [2.75, 3.05) is 4.90 Å². The molecule has 0 saturated heterocycles. The number of thiazole rings is 1. The Hall–Kier alpha value is -2.58. The topological polar surface area (TPSA) is 72.4 Å². The van der Waals surface area contributed by atoms with Gasteiger partial charge in [0.1, 0.15) is 6.61 Å². The summed E-state index contributed by atoms with van der Waals surface area (Å²) in [5, 5.41) is 2.33. The molecular formula is C21H20BrN3O3S. The maximum absolute atomic E-state index is 12.4. The van der Waals surface area contributed by atoms with Gasteiger partial charge in [0.2, 0.25) is 5.91 Å². The zero-order valence-electron chi connectivity index (χ0n) is 16.5. The van der Waals surface area contributed by atoms with Crippen molar-refractivity contribution in [2.24, 2.45) is 0 Å². The highest BCUT2D eigenvalue weighted by molar-refractivity contribution is 9.10. The number of hydrogen-bond donors (Lipinski definition) is 0. The van der Waals surface area contributed by atoms with Crippen LogP contribution in [0.5, 0.6) is 0 Å². The quantitative estimate of drug-likeness (QED) is 0.472. The second-order valence-corrected chi connectivity index (χ2v) is 8.44. The van der Waals surface area contributed by atoms with Crippen LogP contribution >= 0.6 is 27.3 Å². The minimum absolute atomic E-state index is 0.0133. The second-order valence-electron chi connectivity index (χ2n) is 6.69. The van der Waals surface area contributed by atoms with Crippen LogP contribution in [-0.2, 0) is 16.1 Å². The molecule has 0 unspecified atom stereocenters. The van der Waals surface area contributed by atoms with Crippen LogP contribution in [0.15, 0.2) is 40.4 Å². The van der Waals surface area contributed by atoms with Crippen molar-refractivity contribution in [1.82, 2.24) is 9.97 Å². The van der Waals surface area contributed by atoms with Crippen LogP contribution in [0, 0.1) is 20.8 Å². The number of hydrogen-bond acceptors (Lipinski definition) is 6. The van der Waals surface area contributed by atoms with E-state index in [4.69, 9.17) is 4.74 Å². The molecule has 8 heteroatoms. The molecule has 0 N–H and O–H groups in total. The van der Waals surface area contributed by atoms with Gasteiger partial charge in [-0.1, -0.05) is 17.7 Å². The van der Waals surface area contributed by atoms with Crippen molar-refractivity contribution in [2.45, 2.75) is 34.3 Å². The molecule has 2 heterocycles.